The van der Waals surface area contributed by atoms with Gasteiger partial charge in [-0.3, -0.25) is 0 Å². The fraction of sp³-hybridized carbons (Fsp3) is 0.333. The Morgan fingerprint density at radius 1 is 1.24 bits per heavy atom. The third kappa shape index (κ3) is 3.48. The van der Waals surface area contributed by atoms with Gasteiger partial charge in [0.2, 0.25) is 0 Å². The summed E-state index contributed by atoms with van der Waals surface area (Å²) in [4.78, 5) is 0. The predicted molar refractivity (Wildman–Crippen MR) is 59.6 cm³/mol. The summed E-state index contributed by atoms with van der Waals surface area (Å²) in [6.07, 6.45) is 5.51. The Morgan fingerprint density at radius 2 is 1.88 bits per heavy atom. The van der Waals surface area contributed by atoms with Crippen LogP contribution in [0.15, 0.2) is 12.1 Å². The zero-order valence-electron chi connectivity index (χ0n) is 9.14. The molecule has 3 N–H and O–H groups in total. The van der Waals surface area contributed by atoms with Crippen LogP contribution in [0.5, 0.6) is 0 Å². The fourth-order valence-corrected chi connectivity index (χ4v) is 1.44. The van der Waals surface area contributed by atoms with Gasteiger partial charge < -0.3 is 11.1 Å². The molecule has 1 unspecified atom stereocenters. The molecule has 0 bridgehead atoms. The number of hydrogen-bond donors (Lipinski definition) is 2. The number of nitrogens with one attached hydrogen (secondary N) is 1. The normalized spacial score (nSPS) is 12.2. The van der Waals surface area contributed by atoms with Crippen LogP contribution < -0.4 is 11.1 Å². The minimum Gasteiger partial charge on any atom is -0.329 e. The van der Waals surface area contributed by atoms with Crippen LogP contribution in [0, 0.1) is 29.8 Å². The lowest BCUT2D eigenvalue weighted by atomic mass is 10.1. The summed E-state index contributed by atoms with van der Waals surface area (Å²) in [7, 11) is 0. The van der Waals surface area contributed by atoms with Crippen molar-refractivity contribution >= 4 is 0 Å². The maximum Gasteiger partial charge on any atom is 0.161 e. The Labute approximate surface area is 98.0 Å². The fourth-order valence-electron chi connectivity index (χ4n) is 1.44. The molecule has 0 amide bonds. The molecular weight excluding hydrogens is 229 g/mol. The van der Waals surface area contributed by atoms with E-state index >= 15 is 0 Å². The average Bonchev–Trinajstić information content (AvgIpc) is 2.30. The first-order chi connectivity index (χ1) is 8.10. The van der Waals surface area contributed by atoms with Gasteiger partial charge in [-0.2, -0.15) is 0 Å². The molecule has 1 rings (SSSR count). The first kappa shape index (κ1) is 13.6. The second-order valence-corrected chi connectivity index (χ2v) is 3.48. The van der Waals surface area contributed by atoms with Gasteiger partial charge in [0.05, 0.1) is 0 Å². The van der Waals surface area contributed by atoms with Gasteiger partial charge in [0, 0.05) is 37.2 Å². The topological polar surface area (TPSA) is 38.0 Å². The number of rotatable bonds is 5. The number of benzene rings is 1. The van der Waals surface area contributed by atoms with E-state index in [9.17, 15) is 13.2 Å². The molecule has 0 saturated heterocycles. The lowest BCUT2D eigenvalue weighted by Gasteiger charge is -2.17. The molecule has 0 aliphatic heterocycles. The first-order valence-electron chi connectivity index (χ1n) is 5.11. The monoisotopic (exact) mass is 242 g/mol. The van der Waals surface area contributed by atoms with E-state index in [0.29, 0.717) is 19.0 Å². The van der Waals surface area contributed by atoms with Crippen molar-refractivity contribution in [1.82, 2.24) is 5.32 Å². The van der Waals surface area contributed by atoms with Crippen molar-refractivity contribution in [1.29, 1.82) is 0 Å². The average molecular weight is 242 g/mol. The molecule has 0 aliphatic carbocycles. The minimum atomic E-state index is -1.22. The highest BCUT2D eigenvalue weighted by Crippen LogP contribution is 2.19. The molecule has 92 valence electrons. The molecule has 0 saturated carbocycles. The maximum absolute atomic E-state index is 13.4. The van der Waals surface area contributed by atoms with Crippen LogP contribution in [-0.4, -0.2) is 13.1 Å². The molecule has 5 heteroatoms. The van der Waals surface area contributed by atoms with Gasteiger partial charge in [-0.05, 0) is 6.07 Å². The Balaban J connectivity index is 2.88. The Morgan fingerprint density at radius 3 is 2.47 bits per heavy atom. The zero-order chi connectivity index (χ0) is 12.8. The highest BCUT2D eigenvalue weighted by Gasteiger charge is 2.17. The maximum atomic E-state index is 13.4. The van der Waals surface area contributed by atoms with Crippen LogP contribution in [0.2, 0.25) is 0 Å². The van der Waals surface area contributed by atoms with Gasteiger partial charge in [0.15, 0.2) is 11.6 Å². The largest absolute Gasteiger partial charge is 0.329 e. The molecule has 0 fully saturated rings. The SMILES string of the molecule is C#CCCNC(CN)c1cc(F)c(F)cc1F. The van der Waals surface area contributed by atoms with Crippen LogP contribution in [0.25, 0.3) is 0 Å². The second kappa shape index (κ2) is 6.28. The van der Waals surface area contributed by atoms with Gasteiger partial charge in [-0.25, -0.2) is 13.2 Å². The Bertz CT molecular complexity index is 426. The van der Waals surface area contributed by atoms with Crippen molar-refractivity contribution in [3.8, 4) is 12.3 Å². The van der Waals surface area contributed by atoms with E-state index in [1.54, 1.807) is 0 Å². The lowest BCUT2D eigenvalue weighted by Crippen LogP contribution is -2.29. The Kier molecular flexibility index (Phi) is 5.01. The number of halogens is 3. The van der Waals surface area contributed by atoms with Gasteiger partial charge in [-0.15, -0.1) is 12.3 Å². The summed E-state index contributed by atoms with van der Waals surface area (Å²) in [5.74, 6) is -0.739. The molecule has 0 radical (unpaired) electrons. The Hall–Kier alpha value is -1.51. The molecule has 1 aromatic rings. The van der Waals surface area contributed by atoms with E-state index in [2.05, 4.69) is 11.2 Å². The number of terminal acetylenes is 1. The van der Waals surface area contributed by atoms with Gasteiger partial charge >= 0.3 is 0 Å². The summed E-state index contributed by atoms with van der Waals surface area (Å²) in [6.45, 7) is 0.489. The molecule has 0 heterocycles. The van der Waals surface area contributed by atoms with Crippen LogP contribution >= 0.6 is 0 Å². The molecule has 0 aromatic heterocycles. The number of nitrogens with two attached hydrogens (primary N) is 1. The molecular formula is C12H13F3N2. The highest BCUT2D eigenvalue weighted by atomic mass is 19.2. The molecule has 17 heavy (non-hydrogen) atoms. The van der Waals surface area contributed by atoms with Gasteiger partial charge in [0.25, 0.3) is 0 Å². The first-order valence-corrected chi connectivity index (χ1v) is 5.11. The van der Waals surface area contributed by atoms with E-state index in [0.717, 1.165) is 6.07 Å². The molecule has 1 atom stereocenters. The van der Waals surface area contributed by atoms with Crippen LogP contribution in [-0.2, 0) is 0 Å². The van der Waals surface area contributed by atoms with Gasteiger partial charge in [0.1, 0.15) is 5.82 Å². The van der Waals surface area contributed by atoms with Crippen LogP contribution in [0.3, 0.4) is 0 Å². The summed E-state index contributed by atoms with van der Waals surface area (Å²) < 4.78 is 39.2. The van der Waals surface area contributed by atoms with E-state index in [1.165, 1.54) is 0 Å². The third-order valence-electron chi connectivity index (χ3n) is 2.31. The van der Waals surface area contributed by atoms with Crippen molar-refractivity contribution in [3.63, 3.8) is 0 Å². The quantitative estimate of drug-likeness (QED) is 0.468. The molecule has 2 nitrogen and oxygen atoms in total. The van der Waals surface area contributed by atoms with Crippen LogP contribution in [0.1, 0.15) is 18.0 Å². The van der Waals surface area contributed by atoms with E-state index in [-0.39, 0.29) is 12.1 Å². The van der Waals surface area contributed by atoms with E-state index in [4.69, 9.17) is 12.2 Å². The van der Waals surface area contributed by atoms with Crippen molar-refractivity contribution in [2.24, 2.45) is 5.73 Å². The van der Waals surface area contributed by atoms with E-state index in [1.807, 2.05) is 0 Å². The van der Waals surface area contributed by atoms with Crippen LogP contribution in [0.4, 0.5) is 13.2 Å². The standard InChI is InChI=1S/C12H13F3N2/c1-2-3-4-17-12(7-16)8-5-10(14)11(15)6-9(8)13/h1,5-6,12,17H,3-4,7,16H2. The van der Waals surface area contributed by atoms with Crippen molar-refractivity contribution in [2.45, 2.75) is 12.5 Å². The summed E-state index contributed by atoms with van der Waals surface area (Å²) in [5, 5.41) is 2.88. The summed E-state index contributed by atoms with van der Waals surface area (Å²) >= 11 is 0. The van der Waals surface area contributed by atoms with Gasteiger partial charge in [-0.1, -0.05) is 0 Å². The zero-order valence-corrected chi connectivity index (χ0v) is 9.14. The molecule has 1 aromatic carbocycles. The highest BCUT2D eigenvalue weighted by molar-refractivity contribution is 5.23. The summed E-state index contributed by atoms with van der Waals surface area (Å²) in [5.41, 5.74) is 5.45. The third-order valence-corrected chi connectivity index (χ3v) is 2.31. The van der Waals surface area contributed by atoms with Crippen molar-refractivity contribution in [3.05, 3.63) is 35.1 Å². The van der Waals surface area contributed by atoms with Crippen molar-refractivity contribution in [2.75, 3.05) is 13.1 Å². The molecule has 0 aliphatic rings. The number of hydrogen-bond acceptors (Lipinski definition) is 2. The lowest BCUT2D eigenvalue weighted by molar-refractivity contribution is 0.469. The second-order valence-electron chi connectivity index (χ2n) is 3.48. The summed E-state index contributed by atoms with van der Waals surface area (Å²) in [6, 6.07) is 0.736. The smallest absolute Gasteiger partial charge is 0.161 e. The molecule has 0 spiro atoms. The van der Waals surface area contributed by atoms with Crippen molar-refractivity contribution < 1.29 is 13.2 Å². The van der Waals surface area contributed by atoms with E-state index < -0.39 is 23.5 Å². The predicted octanol–water partition coefficient (Wildman–Crippen LogP) is 1.72. The minimum absolute atomic E-state index is 0.00317.